The van der Waals surface area contributed by atoms with E-state index in [0.717, 1.165) is 12.3 Å². The summed E-state index contributed by atoms with van der Waals surface area (Å²) in [5.41, 5.74) is -0.512. The van der Waals surface area contributed by atoms with Gasteiger partial charge in [-0.1, -0.05) is 0 Å². The first-order chi connectivity index (χ1) is 15.1. The number of nitrogens with one attached hydrogen (secondary N) is 1. The second-order valence-corrected chi connectivity index (χ2v) is 7.40. The van der Waals surface area contributed by atoms with Crippen LogP contribution < -0.4 is 19.7 Å². The predicted octanol–water partition coefficient (Wildman–Crippen LogP) is 3.57. The van der Waals surface area contributed by atoms with Crippen molar-refractivity contribution in [3.05, 3.63) is 42.1 Å². The summed E-state index contributed by atoms with van der Waals surface area (Å²) in [4.78, 5) is 20.1. The zero-order valence-electron chi connectivity index (χ0n) is 16.7. The van der Waals surface area contributed by atoms with Crippen LogP contribution in [0.1, 0.15) is 12.0 Å². The molecule has 1 N–H and O–H groups in total. The van der Waals surface area contributed by atoms with Gasteiger partial charge >= 0.3 is 12.5 Å². The van der Waals surface area contributed by atoms with E-state index in [1.165, 1.54) is 24.3 Å². The lowest BCUT2D eigenvalue weighted by atomic mass is 10.2. The second kappa shape index (κ2) is 8.41. The van der Waals surface area contributed by atoms with E-state index in [0.29, 0.717) is 44.1 Å². The Morgan fingerprint density at radius 1 is 1.06 bits per heavy atom. The lowest BCUT2D eigenvalue weighted by Gasteiger charge is -2.22. The Kier molecular flexibility index (Phi) is 5.80. The molecule has 0 bridgehead atoms. The van der Waals surface area contributed by atoms with Crippen LogP contribution in [0, 0.1) is 0 Å². The zero-order chi connectivity index (χ0) is 22.9. The molecule has 0 aliphatic carbocycles. The number of hydrogen-bond acceptors (Lipinski definition) is 6. The summed E-state index contributed by atoms with van der Waals surface area (Å²) in [6, 6.07) is 6.32. The van der Waals surface area contributed by atoms with Crippen LogP contribution in [0.2, 0.25) is 0 Å². The molecule has 0 saturated carbocycles. The highest BCUT2D eigenvalue weighted by atomic mass is 19.4. The van der Waals surface area contributed by atoms with Crippen LogP contribution in [-0.4, -0.2) is 54.8 Å². The van der Waals surface area contributed by atoms with Crippen molar-refractivity contribution >= 4 is 17.4 Å². The predicted molar refractivity (Wildman–Crippen MR) is 104 cm³/mol. The Morgan fingerprint density at radius 3 is 2.56 bits per heavy atom. The van der Waals surface area contributed by atoms with Gasteiger partial charge in [0.15, 0.2) is 11.5 Å². The van der Waals surface area contributed by atoms with E-state index in [4.69, 9.17) is 0 Å². The molecule has 1 aromatic heterocycles. The number of rotatable bonds is 4. The van der Waals surface area contributed by atoms with Crippen molar-refractivity contribution in [1.29, 1.82) is 0 Å². The molecular formula is C20H19F5N4O3. The molecule has 1 aromatic carbocycles. The number of benzene rings is 1. The molecule has 2 aliphatic rings. The van der Waals surface area contributed by atoms with Gasteiger partial charge in [0.05, 0.1) is 12.1 Å². The third kappa shape index (κ3) is 5.18. The van der Waals surface area contributed by atoms with Crippen molar-refractivity contribution < 1.29 is 36.2 Å². The number of carbonyl (C=O) groups excluding carboxylic acids is 1. The number of anilines is 2. The molecular weight excluding hydrogens is 439 g/mol. The molecule has 4 rings (SSSR count). The summed E-state index contributed by atoms with van der Waals surface area (Å²) in [6.07, 6.45) is -6.67. The first-order valence-electron chi connectivity index (χ1n) is 9.79. The van der Waals surface area contributed by atoms with E-state index in [-0.39, 0.29) is 24.0 Å². The van der Waals surface area contributed by atoms with Crippen LogP contribution in [0.25, 0.3) is 0 Å². The minimum absolute atomic E-state index is 0.0683. The lowest BCUT2D eigenvalue weighted by molar-refractivity contribution is -0.286. The van der Waals surface area contributed by atoms with Crippen LogP contribution in [0.15, 0.2) is 36.5 Å². The minimum Gasteiger partial charge on any atom is -0.395 e. The van der Waals surface area contributed by atoms with Gasteiger partial charge in [0.1, 0.15) is 5.82 Å². The topological polar surface area (TPSA) is 66.9 Å². The number of fused-ring (bicyclic) bond motifs is 1. The number of halogens is 5. The first kappa shape index (κ1) is 22.1. The fourth-order valence-corrected chi connectivity index (χ4v) is 3.53. The summed E-state index contributed by atoms with van der Waals surface area (Å²) in [5, 5.41) is 2.64. The van der Waals surface area contributed by atoms with Crippen molar-refractivity contribution in [2.75, 3.05) is 42.9 Å². The molecule has 7 nitrogen and oxygen atoms in total. The number of hydrogen-bond donors (Lipinski definition) is 1. The summed E-state index contributed by atoms with van der Waals surface area (Å²) < 4.78 is 73.0. The van der Waals surface area contributed by atoms with Crippen LogP contribution >= 0.6 is 0 Å². The van der Waals surface area contributed by atoms with Gasteiger partial charge < -0.3 is 19.7 Å². The zero-order valence-corrected chi connectivity index (χ0v) is 16.7. The van der Waals surface area contributed by atoms with Gasteiger partial charge in [0.25, 0.3) is 0 Å². The number of ether oxygens (including phenoxy) is 2. The third-order valence-electron chi connectivity index (χ3n) is 5.04. The number of amides is 1. The minimum atomic E-state index is -4.44. The van der Waals surface area contributed by atoms with Crippen LogP contribution in [-0.2, 0) is 11.0 Å². The van der Waals surface area contributed by atoms with Gasteiger partial charge in [-0.15, -0.1) is 8.78 Å². The molecule has 32 heavy (non-hydrogen) atoms. The van der Waals surface area contributed by atoms with Crippen molar-refractivity contribution in [1.82, 2.24) is 9.88 Å². The largest absolute Gasteiger partial charge is 0.586 e. The van der Waals surface area contributed by atoms with Crippen molar-refractivity contribution in [2.45, 2.75) is 18.9 Å². The van der Waals surface area contributed by atoms with Crippen molar-refractivity contribution in [2.24, 2.45) is 0 Å². The van der Waals surface area contributed by atoms with E-state index < -0.39 is 18.0 Å². The number of alkyl halides is 5. The quantitative estimate of drug-likeness (QED) is 0.707. The summed E-state index contributed by atoms with van der Waals surface area (Å²) >= 11 is 0. The van der Waals surface area contributed by atoms with Gasteiger partial charge in [-0.2, -0.15) is 13.2 Å². The van der Waals surface area contributed by atoms with E-state index in [1.54, 1.807) is 0 Å². The van der Waals surface area contributed by atoms with E-state index in [2.05, 4.69) is 19.8 Å². The van der Waals surface area contributed by atoms with E-state index in [9.17, 15) is 26.7 Å². The number of nitrogens with zero attached hydrogens (tertiary/aromatic N) is 3. The maximum absolute atomic E-state index is 13.1. The molecule has 172 valence electrons. The Bertz CT molecular complexity index is 984. The molecule has 0 unspecified atom stereocenters. The highest BCUT2D eigenvalue weighted by molar-refractivity contribution is 5.92. The summed E-state index contributed by atoms with van der Waals surface area (Å²) in [7, 11) is 0. The molecule has 0 spiro atoms. The third-order valence-corrected chi connectivity index (χ3v) is 5.04. The van der Waals surface area contributed by atoms with Crippen molar-refractivity contribution in [3.8, 4) is 11.5 Å². The van der Waals surface area contributed by atoms with Gasteiger partial charge in [-0.25, -0.2) is 4.98 Å². The van der Waals surface area contributed by atoms with Gasteiger partial charge in [0, 0.05) is 44.1 Å². The number of aromatic nitrogens is 1. The van der Waals surface area contributed by atoms with Gasteiger partial charge in [-0.3, -0.25) is 9.69 Å². The molecule has 2 aromatic rings. The summed E-state index contributed by atoms with van der Waals surface area (Å²) in [6.45, 7) is 2.26. The van der Waals surface area contributed by atoms with Crippen molar-refractivity contribution in [3.63, 3.8) is 0 Å². The maximum Gasteiger partial charge on any atom is 0.586 e. The SMILES string of the molecule is O=C(CN1CCCN(c2ccc(C(F)(F)F)cn2)CC1)Nc1ccc2c(c1)OC(F)(F)O2. The molecule has 3 heterocycles. The molecule has 1 saturated heterocycles. The van der Waals surface area contributed by atoms with E-state index >= 15 is 0 Å². The second-order valence-electron chi connectivity index (χ2n) is 7.40. The Hall–Kier alpha value is -3.15. The highest BCUT2D eigenvalue weighted by Crippen LogP contribution is 2.42. The smallest absolute Gasteiger partial charge is 0.395 e. The molecule has 0 radical (unpaired) electrons. The Morgan fingerprint density at radius 2 is 1.84 bits per heavy atom. The van der Waals surface area contributed by atoms with Crippen LogP contribution in [0.4, 0.5) is 33.5 Å². The fourth-order valence-electron chi connectivity index (χ4n) is 3.53. The first-order valence-corrected chi connectivity index (χ1v) is 9.79. The number of pyridine rings is 1. The average molecular weight is 458 g/mol. The van der Waals surface area contributed by atoms with Crippen LogP contribution in [0.5, 0.6) is 11.5 Å². The molecule has 1 fully saturated rings. The average Bonchev–Trinajstić information content (AvgIpc) is 2.86. The maximum atomic E-state index is 13.1. The van der Waals surface area contributed by atoms with E-state index in [1.807, 2.05) is 9.80 Å². The lowest BCUT2D eigenvalue weighted by Crippen LogP contribution is -2.36. The fraction of sp³-hybridized carbons (Fsp3) is 0.400. The van der Waals surface area contributed by atoms with Gasteiger partial charge in [-0.05, 0) is 30.7 Å². The Balaban J connectivity index is 1.30. The monoisotopic (exact) mass is 458 g/mol. The molecule has 12 heteroatoms. The normalized spacial score (nSPS) is 18.3. The van der Waals surface area contributed by atoms with Gasteiger partial charge in [0.2, 0.25) is 5.91 Å². The standard InChI is InChI=1S/C20H19F5N4O3/c21-19(22,23)13-2-5-17(26-11-13)29-7-1-6-28(8-9-29)12-18(30)27-14-3-4-15-16(10-14)32-20(24,25)31-15/h2-5,10-11H,1,6-9,12H2,(H,27,30). The molecule has 1 amide bonds. The molecule has 0 atom stereocenters. The Labute approximate surface area is 179 Å². The number of carbonyl (C=O) groups is 1. The van der Waals surface area contributed by atoms with Crippen LogP contribution in [0.3, 0.4) is 0 Å². The highest BCUT2D eigenvalue weighted by Gasteiger charge is 2.43. The molecule has 2 aliphatic heterocycles. The summed E-state index contributed by atoms with van der Waals surface area (Å²) in [5.74, 6) is -0.169.